The first kappa shape index (κ1) is 24.1. The number of likely N-dealkylation sites (tertiary alicyclic amines) is 1. The maximum atomic E-state index is 12.4. The lowest BCUT2D eigenvalue weighted by atomic mass is 10.1. The summed E-state index contributed by atoms with van der Waals surface area (Å²) in [4.78, 5) is 19.0. The zero-order valence-corrected chi connectivity index (χ0v) is 20.1. The van der Waals surface area contributed by atoms with Gasteiger partial charge in [0.15, 0.2) is 11.8 Å². The number of aromatic nitrogens is 3. The summed E-state index contributed by atoms with van der Waals surface area (Å²) in [6, 6.07) is 10.3. The van der Waals surface area contributed by atoms with Gasteiger partial charge in [0.25, 0.3) is 0 Å². The van der Waals surface area contributed by atoms with Crippen molar-refractivity contribution < 1.29 is 4.79 Å². The number of carbonyl (C=O) groups excluding carboxylic acids is 1. The van der Waals surface area contributed by atoms with E-state index >= 15 is 0 Å². The minimum Gasteiger partial charge on any atom is -0.357 e. The smallest absolute Gasteiger partial charge is 0.223 e. The lowest BCUT2D eigenvalue weighted by molar-refractivity contribution is -0.127. The fourth-order valence-corrected chi connectivity index (χ4v) is 3.51. The molecular weight excluding hydrogens is 493 g/mol. The molecule has 1 aliphatic heterocycles. The molecule has 30 heavy (non-hydrogen) atoms. The lowest BCUT2D eigenvalue weighted by Crippen LogP contribution is -2.40. The highest BCUT2D eigenvalue weighted by Gasteiger charge is 2.29. The van der Waals surface area contributed by atoms with E-state index in [0.717, 1.165) is 50.9 Å². The van der Waals surface area contributed by atoms with E-state index in [1.165, 1.54) is 5.56 Å². The third-order valence-electron chi connectivity index (χ3n) is 5.13. The Hall–Kier alpha value is -2.17. The Balaban J connectivity index is 0.00000320. The molecule has 1 amide bonds. The topological polar surface area (TPSA) is 87.4 Å². The van der Waals surface area contributed by atoms with E-state index in [1.807, 2.05) is 34.6 Å². The van der Waals surface area contributed by atoms with Crippen LogP contribution in [0.15, 0.2) is 41.7 Å². The number of hydrogen-bond acceptors (Lipinski definition) is 4. The Morgan fingerprint density at radius 3 is 2.77 bits per heavy atom. The largest absolute Gasteiger partial charge is 0.357 e. The molecule has 1 fully saturated rings. The molecule has 9 heteroatoms. The van der Waals surface area contributed by atoms with Gasteiger partial charge in [0.05, 0.1) is 0 Å². The molecule has 0 bridgehead atoms. The molecule has 2 N–H and O–H groups in total. The Morgan fingerprint density at radius 2 is 2.03 bits per heavy atom. The van der Waals surface area contributed by atoms with Crippen LogP contribution in [0.2, 0.25) is 0 Å². The van der Waals surface area contributed by atoms with Gasteiger partial charge in [0.2, 0.25) is 5.91 Å². The number of nitrogens with one attached hydrogen (secondary N) is 2. The quantitative estimate of drug-likeness (QED) is 0.298. The van der Waals surface area contributed by atoms with Crippen LogP contribution in [0.4, 0.5) is 0 Å². The van der Waals surface area contributed by atoms with Crippen LogP contribution in [0, 0.1) is 5.92 Å². The number of guanidine groups is 1. The molecule has 1 aromatic carbocycles. The molecule has 1 unspecified atom stereocenters. The zero-order valence-electron chi connectivity index (χ0n) is 17.8. The maximum absolute atomic E-state index is 12.4. The van der Waals surface area contributed by atoms with Crippen molar-refractivity contribution in [3.8, 4) is 0 Å². The van der Waals surface area contributed by atoms with Crippen LogP contribution in [0.5, 0.6) is 0 Å². The fraction of sp³-hybridized carbons (Fsp3) is 0.524. The van der Waals surface area contributed by atoms with E-state index in [-0.39, 0.29) is 29.9 Å². The first-order valence-corrected chi connectivity index (χ1v) is 10.4. The van der Waals surface area contributed by atoms with E-state index in [4.69, 9.17) is 0 Å². The normalized spacial score (nSPS) is 16.5. The van der Waals surface area contributed by atoms with E-state index < -0.39 is 0 Å². The average molecular weight is 525 g/mol. The number of hydrogen-bond donors (Lipinski definition) is 2. The fourth-order valence-electron chi connectivity index (χ4n) is 3.51. The molecule has 1 atom stereocenters. The number of benzene rings is 1. The monoisotopic (exact) mass is 525 g/mol. The second-order valence-electron chi connectivity index (χ2n) is 7.25. The third-order valence-corrected chi connectivity index (χ3v) is 5.13. The minimum absolute atomic E-state index is 0. The number of nitrogens with zero attached hydrogens (tertiary/aromatic N) is 5. The van der Waals surface area contributed by atoms with Crippen LogP contribution in [0.3, 0.4) is 0 Å². The summed E-state index contributed by atoms with van der Waals surface area (Å²) >= 11 is 0. The minimum atomic E-state index is 0. The molecular formula is C21H32IN7O. The summed E-state index contributed by atoms with van der Waals surface area (Å²) in [6.45, 7) is 8.46. The number of aliphatic imine (C=N–C) groups is 1. The van der Waals surface area contributed by atoms with Gasteiger partial charge >= 0.3 is 0 Å². The standard InChI is InChI=1S/C21H31N7O.HI/c1-3-22-21(24-14-19-26-25-16-27(19)4-2)23-13-18-12-20(29)28(15-18)11-10-17-8-6-5-7-9-17;/h5-9,16,18H,3-4,10-15H2,1-2H3,(H2,22,23,24);1H. The van der Waals surface area contributed by atoms with Crippen LogP contribution in [0.1, 0.15) is 31.7 Å². The molecule has 2 heterocycles. The summed E-state index contributed by atoms with van der Waals surface area (Å²) in [5.74, 6) is 2.12. The molecule has 1 aromatic heterocycles. The summed E-state index contributed by atoms with van der Waals surface area (Å²) in [5.41, 5.74) is 1.27. The number of halogens is 1. The number of rotatable bonds is 9. The number of carbonyl (C=O) groups is 1. The van der Waals surface area contributed by atoms with Crippen molar-refractivity contribution in [1.82, 2.24) is 30.3 Å². The van der Waals surface area contributed by atoms with Gasteiger partial charge in [-0.25, -0.2) is 4.99 Å². The predicted molar refractivity (Wildman–Crippen MR) is 129 cm³/mol. The van der Waals surface area contributed by atoms with Gasteiger partial charge < -0.3 is 20.1 Å². The van der Waals surface area contributed by atoms with Gasteiger partial charge in [-0.2, -0.15) is 0 Å². The molecule has 1 aliphatic rings. The number of aryl methyl sites for hydroxylation is 1. The third kappa shape index (κ3) is 6.96. The SMILES string of the molecule is CCNC(=NCc1nncn1CC)NCC1CC(=O)N(CCc2ccccc2)C1.I. The summed E-state index contributed by atoms with van der Waals surface area (Å²) in [6.07, 6.45) is 3.21. The first-order valence-electron chi connectivity index (χ1n) is 10.4. The average Bonchev–Trinajstić information content (AvgIpc) is 3.35. The highest BCUT2D eigenvalue weighted by Crippen LogP contribution is 2.17. The van der Waals surface area contributed by atoms with Crippen molar-refractivity contribution in [2.45, 2.75) is 39.8 Å². The Labute approximate surface area is 195 Å². The van der Waals surface area contributed by atoms with Crippen molar-refractivity contribution in [2.24, 2.45) is 10.9 Å². The van der Waals surface area contributed by atoms with Gasteiger partial charge in [0, 0.05) is 45.1 Å². The molecule has 0 saturated carbocycles. The van der Waals surface area contributed by atoms with Crippen LogP contribution in [-0.4, -0.2) is 57.7 Å². The molecule has 0 aliphatic carbocycles. The molecule has 0 radical (unpaired) electrons. The second kappa shape index (κ2) is 12.5. The van der Waals surface area contributed by atoms with Crippen molar-refractivity contribution in [1.29, 1.82) is 0 Å². The van der Waals surface area contributed by atoms with Crippen molar-refractivity contribution in [3.05, 3.63) is 48.0 Å². The molecule has 2 aromatic rings. The molecule has 1 saturated heterocycles. The first-order chi connectivity index (χ1) is 14.2. The van der Waals surface area contributed by atoms with Gasteiger partial charge in [-0.1, -0.05) is 30.3 Å². The Kier molecular flexibility index (Phi) is 10.0. The second-order valence-corrected chi connectivity index (χ2v) is 7.25. The van der Waals surface area contributed by atoms with Crippen LogP contribution in [-0.2, 0) is 24.3 Å². The van der Waals surface area contributed by atoms with Crippen molar-refractivity contribution >= 4 is 35.8 Å². The van der Waals surface area contributed by atoms with Gasteiger partial charge in [-0.15, -0.1) is 34.2 Å². The summed E-state index contributed by atoms with van der Waals surface area (Å²) < 4.78 is 1.98. The Bertz CT molecular complexity index is 809. The van der Waals surface area contributed by atoms with E-state index in [0.29, 0.717) is 18.9 Å². The van der Waals surface area contributed by atoms with Gasteiger partial charge in [-0.3, -0.25) is 4.79 Å². The lowest BCUT2D eigenvalue weighted by Gasteiger charge is -2.18. The predicted octanol–water partition coefficient (Wildman–Crippen LogP) is 2.06. The molecule has 3 rings (SSSR count). The van der Waals surface area contributed by atoms with E-state index in [1.54, 1.807) is 6.33 Å². The van der Waals surface area contributed by atoms with Gasteiger partial charge in [0.1, 0.15) is 12.9 Å². The molecule has 0 spiro atoms. The maximum Gasteiger partial charge on any atom is 0.223 e. The van der Waals surface area contributed by atoms with Crippen LogP contribution in [0.25, 0.3) is 0 Å². The highest BCUT2D eigenvalue weighted by atomic mass is 127. The van der Waals surface area contributed by atoms with Crippen LogP contribution < -0.4 is 10.6 Å². The highest BCUT2D eigenvalue weighted by molar-refractivity contribution is 14.0. The van der Waals surface area contributed by atoms with Crippen LogP contribution >= 0.6 is 24.0 Å². The number of amides is 1. The van der Waals surface area contributed by atoms with Crippen molar-refractivity contribution in [3.63, 3.8) is 0 Å². The molecule has 8 nitrogen and oxygen atoms in total. The van der Waals surface area contributed by atoms with Gasteiger partial charge in [-0.05, 0) is 25.8 Å². The summed E-state index contributed by atoms with van der Waals surface area (Å²) in [7, 11) is 0. The van der Waals surface area contributed by atoms with E-state index in [2.05, 4.69) is 44.9 Å². The Morgan fingerprint density at radius 1 is 1.23 bits per heavy atom. The molecule has 164 valence electrons. The summed E-state index contributed by atoms with van der Waals surface area (Å²) in [5, 5.41) is 14.7. The van der Waals surface area contributed by atoms with Crippen molar-refractivity contribution in [2.75, 3.05) is 26.2 Å². The zero-order chi connectivity index (χ0) is 20.5. The van der Waals surface area contributed by atoms with E-state index in [9.17, 15) is 4.79 Å².